The first-order valence-electron chi connectivity index (χ1n) is 6.92. The van der Waals surface area contributed by atoms with Gasteiger partial charge in [-0.2, -0.15) is 0 Å². The fourth-order valence-corrected chi connectivity index (χ4v) is 2.34. The van der Waals surface area contributed by atoms with Crippen LogP contribution in [0.2, 0.25) is 0 Å². The molecular weight excluding hydrogens is 278 g/mol. The Kier molecular flexibility index (Phi) is 4.03. The molecule has 1 amide bonds. The SMILES string of the molecule is O=C(NO)C(Oc1ccc2ccccc2c1)c1ccccc1. The van der Waals surface area contributed by atoms with Crippen LogP contribution in [0.4, 0.5) is 0 Å². The monoisotopic (exact) mass is 293 g/mol. The van der Waals surface area contributed by atoms with E-state index in [2.05, 4.69) is 0 Å². The first kappa shape index (κ1) is 14.1. The van der Waals surface area contributed by atoms with Crippen LogP contribution in [-0.4, -0.2) is 11.1 Å². The van der Waals surface area contributed by atoms with Gasteiger partial charge in [0, 0.05) is 5.56 Å². The Balaban J connectivity index is 1.93. The molecule has 0 aromatic heterocycles. The van der Waals surface area contributed by atoms with E-state index in [1.807, 2.05) is 60.7 Å². The van der Waals surface area contributed by atoms with E-state index in [0.717, 1.165) is 10.8 Å². The highest BCUT2D eigenvalue weighted by atomic mass is 16.5. The highest BCUT2D eigenvalue weighted by Crippen LogP contribution is 2.26. The molecule has 0 spiro atoms. The summed E-state index contributed by atoms with van der Waals surface area (Å²) in [7, 11) is 0. The molecule has 0 aliphatic rings. The maximum Gasteiger partial charge on any atom is 0.289 e. The van der Waals surface area contributed by atoms with E-state index in [1.54, 1.807) is 17.6 Å². The Morgan fingerprint density at radius 3 is 2.32 bits per heavy atom. The molecule has 0 fully saturated rings. The Hall–Kier alpha value is -2.85. The fraction of sp³-hybridized carbons (Fsp3) is 0.0556. The fourth-order valence-electron chi connectivity index (χ4n) is 2.34. The van der Waals surface area contributed by atoms with Crippen LogP contribution in [-0.2, 0) is 4.79 Å². The Morgan fingerprint density at radius 1 is 0.909 bits per heavy atom. The highest BCUT2D eigenvalue weighted by Gasteiger charge is 2.22. The second-order valence-corrected chi connectivity index (χ2v) is 4.89. The molecule has 4 nitrogen and oxygen atoms in total. The Morgan fingerprint density at radius 2 is 1.59 bits per heavy atom. The number of carbonyl (C=O) groups excluding carboxylic acids is 1. The molecule has 0 aliphatic carbocycles. The van der Waals surface area contributed by atoms with Crippen LogP contribution < -0.4 is 10.2 Å². The maximum absolute atomic E-state index is 11.9. The third-order valence-electron chi connectivity index (χ3n) is 3.43. The van der Waals surface area contributed by atoms with Crippen LogP contribution in [0.5, 0.6) is 5.75 Å². The number of ether oxygens (including phenoxy) is 1. The van der Waals surface area contributed by atoms with Crippen molar-refractivity contribution in [1.29, 1.82) is 0 Å². The van der Waals surface area contributed by atoms with E-state index in [4.69, 9.17) is 9.94 Å². The smallest absolute Gasteiger partial charge is 0.289 e. The molecule has 110 valence electrons. The summed E-state index contributed by atoms with van der Waals surface area (Å²) in [4.78, 5) is 11.9. The highest BCUT2D eigenvalue weighted by molar-refractivity contribution is 5.84. The topological polar surface area (TPSA) is 58.6 Å². The Labute approximate surface area is 127 Å². The van der Waals surface area contributed by atoms with Crippen molar-refractivity contribution in [3.63, 3.8) is 0 Å². The van der Waals surface area contributed by atoms with Crippen molar-refractivity contribution in [2.24, 2.45) is 0 Å². The molecule has 1 unspecified atom stereocenters. The van der Waals surface area contributed by atoms with Crippen LogP contribution in [0, 0.1) is 0 Å². The first-order valence-corrected chi connectivity index (χ1v) is 6.92. The molecule has 0 aliphatic heterocycles. The number of hydroxylamine groups is 1. The van der Waals surface area contributed by atoms with Crippen molar-refractivity contribution < 1.29 is 14.7 Å². The number of hydrogen-bond acceptors (Lipinski definition) is 3. The molecule has 0 bridgehead atoms. The normalized spacial score (nSPS) is 11.9. The van der Waals surface area contributed by atoms with Gasteiger partial charge in [-0.1, -0.05) is 60.7 Å². The zero-order valence-corrected chi connectivity index (χ0v) is 11.8. The zero-order chi connectivity index (χ0) is 15.4. The van der Waals surface area contributed by atoms with E-state index in [9.17, 15) is 4.79 Å². The molecule has 0 heterocycles. The van der Waals surface area contributed by atoms with Crippen LogP contribution in [0.1, 0.15) is 11.7 Å². The lowest BCUT2D eigenvalue weighted by Gasteiger charge is -2.18. The Bertz CT molecular complexity index is 786. The quantitative estimate of drug-likeness (QED) is 0.572. The summed E-state index contributed by atoms with van der Waals surface area (Å²) in [5.41, 5.74) is 2.33. The molecule has 22 heavy (non-hydrogen) atoms. The van der Waals surface area contributed by atoms with Gasteiger partial charge in [0.1, 0.15) is 5.75 Å². The largest absolute Gasteiger partial charge is 0.476 e. The van der Waals surface area contributed by atoms with Crippen molar-refractivity contribution in [3.05, 3.63) is 78.4 Å². The summed E-state index contributed by atoms with van der Waals surface area (Å²) in [6.45, 7) is 0. The van der Waals surface area contributed by atoms with Gasteiger partial charge in [0.25, 0.3) is 5.91 Å². The average Bonchev–Trinajstić information content (AvgIpc) is 2.59. The minimum atomic E-state index is -0.910. The minimum Gasteiger partial charge on any atom is -0.476 e. The molecule has 0 saturated carbocycles. The summed E-state index contributed by atoms with van der Waals surface area (Å²) < 4.78 is 5.79. The molecule has 1 atom stereocenters. The summed E-state index contributed by atoms with van der Waals surface area (Å²) in [5, 5.41) is 11.1. The lowest BCUT2D eigenvalue weighted by atomic mass is 10.1. The van der Waals surface area contributed by atoms with Crippen LogP contribution >= 0.6 is 0 Å². The van der Waals surface area contributed by atoms with Gasteiger partial charge in [0.2, 0.25) is 6.10 Å². The molecule has 3 aromatic rings. The van der Waals surface area contributed by atoms with Gasteiger partial charge in [-0.05, 0) is 22.9 Å². The predicted octanol–water partition coefficient (Wildman–Crippen LogP) is 3.47. The maximum atomic E-state index is 11.9. The van der Waals surface area contributed by atoms with E-state index >= 15 is 0 Å². The van der Waals surface area contributed by atoms with E-state index in [1.165, 1.54) is 0 Å². The second kappa shape index (κ2) is 6.28. The van der Waals surface area contributed by atoms with Gasteiger partial charge in [-0.15, -0.1) is 0 Å². The van der Waals surface area contributed by atoms with Crippen molar-refractivity contribution in [1.82, 2.24) is 5.48 Å². The number of amides is 1. The standard InChI is InChI=1S/C18H15NO3/c20-18(19-21)17(14-7-2-1-3-8-14)22-16-11-10-13-6-4-5-9-15(13)12-16/h1-12,17,21H,(H,19,20). The summed E-state index contributed by atoms with van der Waals surface area (Å²) >= 11 is 0. The van der Waals surface area contributed by atoms with Crippen molar-refractivity contribution >= 4 is 16.7 Å². The van der Waals surface area contributed by atoms with E-state index in [-0.39, 0.29) is 0 Å². The van der Waals surface area contributed by atoms with Gasteiger partial charge in [0.05, 0.1) is 0 Å². The third-order valence-corrected chi connectivity index (χ3v) is 3.43. The summed E-state index contributed by atoms with van der Waals surface area (Å²) in [6.07, 6.45) is -0.910. The van der Waals surface area contributed by atoms with Gasteiger partial charge in [-0.25, -0.2) is 5.48 Å². The summed E-state index contributed by atoms with van der Waals surface area (Å²) in [6, 6.07) is 22.6. The van der Waals surface area contributed by atoms with Gasteiger partial charge >= 0.3 is 0 Å². The van der Waals surface area contributed by atoms with Crippen LogP contribution in [0.25, 0.3) is 10.8 Å². The summed E-state index contributed by atoms with van der Waals surface area (Å²) in [5.74, 6) is -0.0458. The molecule has 0 saturated heterocycles. The first-order chi connectivity index (χ1) is 10.8. The molecular formula is C18H15NO3. The van der Waals surface area contributed by atoms with Crippen molar-refractivity contribution in [3.8, 4) is 5.75 Å². The molecule has 0 radical (unpaired) electrons. The van der Waals surface area contributed by atoms with Crippen LogP contribution in [0.15, 0.2) is 72.8 Å². The van der Waals surface area contributed by atoms with E-state index in [0.29, 0.717) is 11.3 Å². The average molecular weight is 293 g/mol. The van der Waals surface area contributed by atoms with Crippen molar-refractivity contribution in [2.45, 2.75) is 6.10 Å². The molecule has 4 heteroatoms. The van der Waals surface area contributed by atoms with Gasteiger partial charge in [0.15, 0.2) is 0 Å². The number of nitrogens with one attached hydrogen (secondary N) is 1. The number of rotatable bonds is 4. The molecule has 3 rings (SSSR count). The van der Waals surface area contributed by atoms with Gasteiger partial charge in [-0.3, -0.25) is 10.0 Å². The number of hydrogen-bond donors (Lipinski definition) is 2. The van der Waals surface area contributed by atoms with Crippen molar-refractivity contribution in [2.75, 3.05) is 0 Å². The van der Waals surface area contributed by atoms with E-state index < -0.39 is 12.0 Å². The lowest BCUT2D eigenvalue weighted by molar-refractivity contribution is -0.136. The molecule has 2 N–H and O–H groups in total. The molecule has 3 aromatic carbocycles. The number of fused-ring (bicyclic) bond motifs is 1. The van der Waals surface area contributed by atoms with Crippen LogP contribution in [0.3, 0.4) is 0 Å². The lowest BCUT2D eigenvalue weighted by Crippen LogP contribution is -2.29. The van der Waals surface area contributed by atoms with Gasteiger partial charge < -0.3 is 4.74 Å². The number of benzene rings is 3. The zero-order valence-electron chi connectivity index (χ0n) is 11.8. The predicted molar refractivity (Wildman–Crippen MR) is 83.7 cm³/mol. The number of carbonyl (C=O) groups is 1. The second-order valence-electron chi connectivity index (χ2n) is 4.89. The minimum absolute atomic E-state index is 0.566. The third kappa shape index (κ3) is 2.92.